The van der Waals surface area contributed by atoms with E-state index >= 15 is 0 Å². The minimum Gasteiger partial charge on any atom is -0.298 e. The summed E-state index contributed by atoms with van der Waals surface area (Å²) in [6.07, 6.45) is 1.87. The van der Waals surface area contributed by atoms with Gasteiger partial charge in [-0.1, -0.05) is 23.7 Å². The smallest absolute Gasteiger partial charge is 0.157 e. The maximum absolute atomic E-state index is 11.8. The Labute approximate surface area is 93.5 Å². The topological polar surface area (TPSA) is 40.9 Å². The van der Waals surface area contributed by atoms with Gasteiger partial charge in [0.1, 0.15) is 5.92 Å². The zero-order valence-corrected chi connectivity index (χ0v) is 8.87. The van der Waals surface area contributed by atoms with Gasteiger partial charge in [0.2, 0.25) is 0 Å². The van der Waals surface area contributed by atoms with Crippen LogP contribution in [0.5, 0.6) is 0 Å². The zero-order chi connectivity index (χ0) is 10.8. The van der Waals surface area contributed by atoms with Crippen LogP contribution in [-0.4, -0.2) is 5.78 Å². The fourth-order valence-electron chi connectivity index (χ4n) is 1.56. The van der Waals surface area contributed by atoms with E-state index in [4.69, 9.17) is 16.9 Å². The fraction of sp³-hybridized carbons (Fsp3) is 0.333. The summed E-state index contributed by atoms with van der Waals surface area (Å²) in [4.78, 5) is 11.8. The first-order valence-electron chi connectivity index (χ1n) is 4.91. The lowest BCUT2D eigenvalue weighted by Crippen LogP contribution is -2.12. The molecule has 0 aliphatic heterocycles. The number of rotatable bonds is 3. The molecule has 0 N–H and O–H groups in total. The molecule has 15 heavy (non-hydrogen) atoms. The summed E-state index contributed by atoms with van der Waals surface area (Å²) >= 11 is 5.75. The molecule has 0 spiro atoms. The highest BCUT2D eigenvalue weighted by Gasteiger charge is 2.35. The molecule has 0 saturated heterocycles. The van der Waals surface area contributed by atoms with Crippen molar-refractivity contribution in [1.29, 1.82) is 5.26 Å². The summed E-state index contributed by atoms with van der Waals surface area (Å²) in [7, 11) is 0. The number of hydrogen-bond donors (Lipinski definition) is 0. The molecule has 0 amide bonds. The van der Waals surface area contributed by atoms with Gasteiger partial charge in [0, 0.05) is 10.9 Å². The van der Waals surface area contributed by atoms with Crippen molar-refractivity contribution in [3.05, 3.63) is 34.9 Å². The number of carbonyl (C=O) groups excluding carboxylic acids is 1. The van der Waals surface area contributed by atoms with E-state index in [0.29, 0.717) is 5.02 Å². The monoisotopic (exact) mass is 219 g/mol. The molecule has 1 saturated carbocycles. The molecular formula is C12H10ClNO. The van der Waals surface area contributed by atoms with E-state index < -0.39 is 5.92 Å². The zero-order valence-electron chi connectivity index (χ0n) is 8.11. The first-order chi connectivity index (χ1) is 7.22. The van der Waals surface area contributed by atoms with Crippen LogP contribution < -0.4 is 0 Å². The molecular weight excluding hydrogens is 210 g/mol. The highest BCUT2D eigenvalue weighted by Crippen LogP contribution is 2.35. The van der Waals surface area contributed by atoms with Crippen LogP contribution in [0.2, 0.25) is 5.02 Å². The number of carbonyl (C=O) groups is 1. The Morgan fingerprint density at radius 2 is 2.00 bits per heavy atom. The van der Waals surface area contributed by atoms with Crippen molar-refractivity contribution in [2.45, 2.75) is 18.8 Å². The van der Waals surface area contributed by atoms with Gasteiger partial charge < -0.3 is 0 Å². The van der Waals surface area contributed by atoms with E-state index in [1.807, 2.05) is 0 Å². The van der Waals surface area contributed by atoms with Gasteiger partial charge in [0.05, 0.1) is 6.07 Å². The molecule has 1 unspecified atom stereocenters. The highest BCUT2D eigenvalue weighted by atomic mass is 35.5. The van der Waals surface area contributed by atoms with Crippen molar-refractivity contribution in [3.8, 4) is 6.07 Å². The van der Waals surface area contributed by atoms with Gasteiger partial charge in [0.15, 0.2) is 5.78 Å². The van der Waals surface area contributed by atoms with Gasteiger partial charge >= 0.3 is 0 Å². The first kappa shape index (κ1) is 10.2. The number of nitrogens with zero attached hydrogens (tertiary/aromatic N) is 1. The Morgan fingerprint density at radius 3 is 2.47 bits per heavy atom. The van der Waals surface area contributed by atoms with Crippen molar-refractivity contribution in [2.24, 2.45) is 5.92 Å². The Morgan fingerprint density at radius 1 is 1.40 bits per heavy atom. The third-order valence-corrected chi connectivity index (χ3v) is 2.85. The molecule has 76 valence electrons. The van der Waals surface area contributed by atoms with E-state index in [-0.39, 0.29) is 11.7 Å². The second kappa shape index (κ2) is 4.04. The second-order valence-electron chi connectivity index (χ2n) is 3.79. The minimum atomic E-state index is -0.616. The van der Waals surface area contributed by atoms with E-state index in [1.165, 1.54) is 0 Å². The summed E-state index contributed by atoms with van der Waals surface area (Å²) in [5, 5.41) is 9.61. The molecule has 3 heteroatoms. The van der Waals surface area contributed by atoms with Crippen molar-refractivity contribution < 1.29 is 4.79 Å². The quantitative estimate of drug-likeness (QED) is 0.784. The number of halogens is 1. The largest absolute Gasteiger partial charge is 0.298 e. The minimum absolute atomic E-state index is 0.0554. The molecule has 0 bridgehead atoms. The Bertz CT molecular complexity index is 414. The van der Waals surface area contributed by atoms with E-state index in [1.54, 1.807) is 24.3 Å². The van der Waals surface area contributed by atoms with Gasteiger partial charge in [0.25, 0.3) is 0 Å². The lowest BCUT2D eigenvalue weighted by molar-refractivity contribution is -0.120. The average Bonchev–Trinajstić information content (AvgIpc) is 3.05. The Kier molecular flexibility index (Phi) is 2.75. The van der Waals surface area contributed by atoms with E-state index in [9.17, 15) is 4.79 Å². The molecule has 2 nitrogen and oxygen atoms in total. The Hall–Kier alpha value is -1.33. The van der Waals surface area contributed by atoms with Gasteiger partial charge in [-0.2, -0.15) is 5.26 Å². The SMILES string of the molecule is N#CC(C(=O)C1CC1)c1ccc(Cl)cc1. The molecule has 1 aromatic carbocycles. The van der Waals surface area contributed by atoms with Crippen molar-refractivity contribution in [2.75, 3.05) is 0 Å². The molecule has 0 aromatic heterocycles. The van der Waals surface area contributed by atoms with E-state index in [2.05, 4.69) is 6.07 Å². The third kappa shape index (κ3) is 2.19. The standard InChI is InChI=1S/C12H10ClNO/c13-10-5-3-8(4-6-10)11(7-14)12(15)9-1-2-9/h3-6,9,11H,1-2H2. The normalized spacial score (nSPS) is 16.8. The van der Waals surface area contributed by atoms with Crippen LogP contribution in [-0.2, 0) is 4.79 Å². The van der Waals surface area contributed by atoms with Crippen molar-refractivity contribution in [1.82, 2.24) is 0 Å². The third-order valence-electron chi connectivity index (χ3n) is 2.60. The van der Waals surface area contributed by atoms with Crippen molar-refractivity contribution >= 4 is 17.4 Å². The Balaban J connectivity index is 2.23. The molecule has 1 fully saturated rings. The summed E-state index contributed by atoms with van der Waals surface area (Å²) in [6.45, 7) is 0. The molecule has 2 rings (SSSR count). The predicted molar refractivity (Wildman–Crippen MR) is 57.5 cm³/mol. The summed E-state index contributed by atoms with van der Waals surface area (Å²) in [6, 6.07) is 8.98. The maximum Gasteiger partial charge on any atom is 0.157 e. The van der Waals surface area contributed by atoms with Gasteiger partial charge in [-0.15, -0.1) is 0 Å². The molecule has 0 heterocycles. The van der Waals surface area contributed by atoms with Gasteiger partial charge in [-0.05, 0) is 30.5 Å². The average molecular weight is 220 g/mol. The van der Waals surface area contributed by atoms with Crippen LogP contribution in [0.1, 0.15) is 24.3 Å². The first-order valence-corrected chi connectivity index (χ1v) is 5.29. The van der Waals surface area contributed by atoms with Gasteiger partial charge in [-0.3, -0.25) is 4.79 Å². The molecule has 1 atom stereocenters. The van der Waals surface area contributed by atoms with Crippen molar-refractivity contribution in [3.63, 3.8) is 0 Å². The molecule has 0 radical (unpaired) electrons. The van der Waals surface area contributed by atoms with Crippen LogP contribution >= 0.6 is 11.6 Å². The van der Waals surface area contributed by atoms with Crippen LogP contribution in [0.25, 0.3) is 0 Å². The molecule has 1 aliphatic carbocycles. The number of ketones is 1. The number of nitriles is 1. The summed E-state index contributed by atoms with van der Waals surface area (Å²) in [5.41, 5.74) is 0.749. The fourth-order valence-corrected chi connectivity index (χ4v) is 1.69. The highest BCUT2D eigenvalue weighted by molar-refractivity contribution is 6.30. The second-order valence-corrected chi connectivity index (χ2v) is 4.23. The van der Waals surface area contributed by atoms with Crippen LogP contribution in [0.15, 0.2) is 24.3 Å². The number of benzene rings is 1. The summed E-state index contributed by atoms with van der Waals surface area (Å²) < 4.78 is 0. The predicted octanol–water partition coefficient (Wildman–Crippen LogP) is 2.93. The lowest BCUT2D eigenvalue weighted by Gasteiger charge is -2.07. The van der Waals surface area contributed by atoms with E-state index in [0.717, 1.165) is 18.4 Å². The molecule has 1 aromatic rings. The lowest BCUT2D eigenvalue weighted by atomic mass is 9.94. The summed E-state index contributed by atoms with van der Waals surface area (Å²) in [5.74, 6) is -0.445. The van der Waals surface area contributed by atoms with Gasteiger partial charge in [-0.25, -0.2) is 0 Å². The van der Waals surface area contributed by atoms with Crippen LogP contribution in [0, 0.1) is 17.2 Å². The maximum atomic E-state index is 11.8. The number of hydrogen-bond acceptors (Lipinski definition) is 2. The van der Waals surface area contributed by atoms with Crippen LogP contribution in [0.3, 0.4) is 0 Å². The number of Topliss-reactive ketones (excluding diaryl/α,β-unsaturated/α-hetero) is 1. The van der Waals surface area contributed by atoms with Crippen LogP contribution in [0.4, 0.5) is 0 Å². The molecule has 1 aliphatic rings.